The third-order valence-electron chi connectivity index (χ3n) is 3.62. The minimum absolute atomic E-state index is 0.202. The molecule has 0 saturated carbocycles. The number of carboxylic acids is 1. The van der Waals surface area contributed by atoms with Crippen LogP contribution in [-0.4, -0.2) is 30.4 Å². The van der Waals surface area contributed by atoms with E-state index < -0.39 is 17.4 Å². The summed E-state index contributed by atoms with van der Waals surface area (Å²) >= 11 is 0. The molecule has 0 radical (unpaired) electrons. The summed E-state index contributed by atoms with van der Waals surface area (Å²) in [5, 5.41) is 14.2. The number of nitrogens with one attached hydrogen (secondary N) is 2. The summed E-state index contributed by atoms with van der Waals surface area (Å²) in [6, 6.07) is 4.84. The highest BCUT2D eigenvalue weighted by atomic mass is 16.4. The van der Waals surface area contributed by atoms with Crippen molar-refractivity contribution in [1.82, 2.24) is 10.6 Å². The summed E-state index contributed by atoms with van der Waals surface area (Å²) < 4.78 is 0. The summed E-state index contributed by atoms with van der Waals surface area (Å²) in [6.45, 7) is 0. The van der Waals surface area contributed by atoms with Gasteiger partial charge in [0.1, 0.15) is 5.54 Å². The molecule has 3 N–H and O–H groups in total. The number of rotatable bonds is 4. The van der Waals surface area contributed by atoms with Crippen LogP contribution in [0.15, 0.2) is 18.2 Å². The summed E-state index contributed by atoms with van der Waals surface area (Å²) in [6.07, 6.45) is 1.23. The van der Waals surface area contributed by atoms with Crippen LogP contribution in [0.25, 0.3) is 0 Å². The molecule has 1 unspecified atom stereocenters. The molecule has 6 heteroatoms. The minimum Gasteiger partial charge on any atom is -0.478 e. The molecule has 1 aliphatic carbocycles. The third kappa shape index (κ3) is 1.90. The van der Waals surface area contributed by atoms with Crippen LogP contribution in [0.5, 0.6) is 0 Å². The molecule has 0 saturated heterocycles. The van der Waals surface area contributed by atoms with Crippen molar-refractivity contribution >= 4 is 18.3 Å². The second kappa shape index (κ2) is 4.81. The van der Waals surface area contributed by atoms with Crippen LogP contribution in [0, 0.1) is 0 Å². The molecule has 1 atom stereocenters. The van der Waals surface area contributed by atoms with Crippen LogP contribution in [0.3, 0.4) is 0 Å². The molecule has 0 fully saturated rings. The average molecular weight is 262 g/mol. The van der Waals surface area contributed by atoms with E-state index in [9.17, 15) is 14.4 Å². The maximum atomic E-state index is 12.1. The number of aromatic carboxylic acids is 1. The van der Waals surface area contributed by atoms with E-state index in [1.807, 2.05) is 0 Å². The molecule has 19 heavy (non-hydrogen) atoms. The van der Waals surface area contributed by atoms with Crippen molar-refractivity contribution in [3.8, 4) is 0 Å². The lowest BCUT2D eigenvalue weighted by Gasteiger charge is -2.27. The van der Waals surface area contributed by atoms with Gasteiger partial charge in [0, 0.05) is 0 Å². The normalized spacial score (nSPS) is 20.7. The Balaban J connectivity index is 2.56. The van der Waals surface area contributed by atoms with Gasteiger partial charge in [0.15, 0.2) is 0 Å². The first-order valence-electron chi connectivity index (χ1n) is 5.86. The van der Waals surface area contributed by atoms with Crippen molar-refractivity contribution in [3.05, 3.63) is 34.9 Å². The van der Waals surface area contributed by atoms with Crippen LogP contribution < -0.4 is 10.6 Å². The zero-order chi connectivity index (χ0) is 14.0. The van der Waals surface area contributed by atoms with E-state index in [0.29, 0.717) is 30.4 Å². The molecular formula is C13H14N2O4. The Bertz CT molecular complexity index is 556. The van der Waals surface area contributed by atoms with E-state index >= 15 is 0 Å². The Morgan fingerprint density at radius 3 is 2.74 bits per heavy atom. The number of carbonyl (C=O) groups is 3. The molecule has 0 aliphatic heterocycles. The Hall–Kier alpha value is -2.21. The van der Waals surface area contributed by atoms with Gasteiger partial charge in [-0.1, -0.05) is 12.1 Å². The average Bonchev–Trinajstić information content (AvgIpc) is 2.78. The zero-order valence-electron chi connectivity index (χ0n) is 10.4. The Kier molecular flexibility index (Phi) is 3.35. The van der Waals surface area contributed by atoms with Crippen LogP contribution >= 0.6 is 0 Å². The van der Waals surface area contributed by atoms with E-state index in [1.54, 1.807) is 19.2 Å². The molecule has 0 bridgehead atoms. The number of carbonyl (C=O) groups excluding carboxylic acids is 2. The fraction of sp³-hybridized carbons (Fsp3) is 0.308. The minimum atomic E-state index is -1.04. The first kappa shape index (κ1) is 13.2. The maximum absolute atomic E-state index is 12.1. The summed E-state index contributed by atoms with van der Waals surface area (Å²) in [4.78, 5) is 33.7. The molecule has 1 aromatic rings. The van der Waals surface area contributed by atoms with Gasteiger partial charge in [-0.05, 0) is 37.1 Å². The molecule has 2 amide bonds. The lowest BCUT2D eigenvalue weighted by molar-refractivity contribution is -0.130. The number of imide groups is 1. The van der Waals surface area contributed by atoms with Crippen molar-refractivity contribution in [2.75, 3.05) is 7.05 Å². The quantitative estimate of drug-likeness (QED) is 0.665. The third-order valence-corrected chi connectivity index (χ3v) is 3.62. The smallest absolute Gasteiger partial charge is 0.335 e. The molecular weight excluding hydrogens is 248 g/mol. The molecule has 2 rings (SSSR count). The Morgan fingerprint density at radius 2 is 2.16 bits per heavy atom. The Morgan fingerprint density at radius 1 is 1.42 bits per heavy atom. The number of hydrogen-bond acceptors (Lipinski definition) is 4. The van der Waals surface area contributed by atoms with E-state index in [1.165, 1.54) is 6.07 Å². The second-order valence-electron chi connectivity index (χ2n) is 4.38. The van der Waals surface area contributed by atoms with E-state index in [2.05, 4.69) is 10.6 Å². The van der Waals surface area contributed by atoms with Gasteiger partial charge in [-0.25, -0.2) is 4.79 Å². The Labute approximate surface area is 109 Å². The lowest BCUT2D eigenvalue weighted by Crippen LogP contribution is -2.51. The topological polar surface area (TPSA) is 95.5 Å². The van der Waals surface area contributed by atoms with E-state index in [-0.39, 0.29) is 5.56 Å². The summed E-state index contributed by atoms with van der Waals surface area (Å²) in [5.41, 5.74) is 0.426. The van der Waals surface area contributed by atoms with Crippen LogP contribution in [0.4, 0.5) is 0 Å². The molecule has 6 nitrogen and oxygen atoms in total. The largest absolute Gasteiger partial charge is 0.478 e. The van der Waals surface area contributed by atoms with Gasteiger partial charge in [-0.2, -0.15) is 0 Å². The lowest BCUT2D eigenvalue weighted by atomic mass is 9.90. The number of likely N-dealkylation sites (N-methyl/N-ethyl adjacent to an activating group) is 1. The van der Waals surface area contributed by atoms with Gasteiger partial charge in [0.2, 0.25) is 6.41 Å². The summed E-state index contributed by atoms with van der Waals surface area (Å²) in [7, 11) is 1.62. The predicted molar refractivity (Wildman–Crippen MR) is 66.7 cm³/mol. The molecule has 0 spiro atoms. The van der Waals surface area contributed by atoms with Crippen LogP contribution in [0.2, 0.25) is 0 Å². The highest BCUT2D eigenvalue weighted by Gasteiger charge is 2.45. The number of benzene rings is 1. The van der Waals surface area contributed by atoms with Gasteiger partial charge in [0.25, 0.3) is 5.91 Å². The number of amides is 2. The number of fused-ring (bicyclic) bond motifs is 1. The van der Waals surface area contributed by atoms with Gasteiger partial charge in [0.05, 0.1) is 5.56 Å². The monoisotopic (exact) mass is 262 g/mol. The van der Waals surface area contributed by atoms with E-state index in [0.717, 1.165) is 0 Å². The van der Waals surface area contributed by atoms with Gasteiger partial charge < -0.3 is 10.4 Å². The first-order valence-corrected chi connectivity index (χ1v) is 5.86. The second-order valence-corrected chi connectivity index (χ2v) is 4.38. The fourth-order valence-electron chi connectivity index (χ4n) is 2.69. The van der Waals surface area contributed by atoms with Crippen molar-refractivity contribution in [2.45, 2.75) is 18.4 Å². The standard InChI is InChI=1S/C13H14N2O4/c1-14-13(12(19)15-7-16)6-5-8-9(11(17)18)3-2-4-10(8)13/h2-4,7,14H,5-6H2,1H3,(H,17,18)(H,15,16,19). The van der Waals surface area contributed by atoms with Crippen molar-refractivity contribution in [1.29, 1.82) is 0 Å². The highest BCUT2D eigenvalue weighted by molar-refractivity contribution is 5.97. The maximum Gasteiger partial charge on any atom is 0.335 e. The van der Waals surface area contributed by atoms with Crippen molar-refractivity contribution in [2.24, 2.45) is 0 Å². The number of hydrogen-bond donors (Lipinski definition) is 3. The fourth-order valence-corrected chi connectivity index (χ4v) is 2.69. The van der Waals surface area contributed by atoms with Gasteiger partial charge in [-0.3, -0.25) is 14.9 Å². The van der Waals surface area contributed by atoms with Gasteiger partial charge >= 0.3 is 5.97 Å². The first-order chi connectivity index (χ1) is 9.06. The number of carboxylic acid groups (broad SMARTS) is 1. The zero-order valence-corrected chi connectivity index (χ0v) is 10.4. The van der Waals surface area contributed by atoms with Crippen LogP contribution in [0.1, 0.15) is 27.9 Å². The SMILES string of the molecule is CNC1(C(=O)NC=O)CCc2c(C(=O)O)cccc21. The van der Waals surface area contributed by atoms with Gasteiger partial charge in [-0.15, -0.1) is 0 Å². The molecule has 0 aromatic heterocycles. The van der Waals surface area contributed by atoms with Crippen molar-refractivity contribution in [3.63, 3.8) is 0 Å². The molecule has 100 valence electrons. The predicted octanol–water partition coefficient (Wildman–Crippen LogP) is 0.0183. The van der Waals surface area contributed by atoms with Crippen LogP contribution in [-0.2, 0) is 21.5 Å². The van der Waals surface area contributed by atoms with E-state index in [4.69, 9.17) is 5.11 Å². The molecule has 1 aliphatic rings. The van der Waals surface area contributed by atoms with Crippen molar-refractivity contribution < 1.29 is 19.5 Å². The highest BCUT2D eigenvalue weighted by Crippen LogP contribution is 2.38. The molecule has 1 aromatic carbocycles. The summed E-state index contributed by atoms with van der Waals surface area (Å²) in [5.74, 6) is -1.48. The molecule has 0 heterocycles.